The van der Waals surface area contributed by atoms with Gasteiger partial charge in [0.25, 0.3) is 11.7 Å². The van der Waals surface area contributed by atoms with Crippen LogP contribution in [0.1, 0.15) is 38.7 Å². The molecule has 0 aliphatic carbocycles. The fourth-order valence-electron chi connectivity index (χ4n) is 4.45. The number of hydrogen-bond donors (Lipinski definition) is 2. The first-order valence-electron chi connectivity index (χ1n) is 11.6. The van der Waals surface area contributed by atoms with Crippen LogP contribution in [0, 0.1) is 6.92 Å². The van der Waals surface area contributed by atoms with E-state index in [0.717, 1.165) is 11.3 Å². The lowest BCUT2D eigenvalue weighted by atomic mass is 9.94. The highest BCUT2D eigenvalue weighted by atomic mass is 16.5. The highest BCUT2D eigenvalue weighted by Gasteiger charge is 2.46. The molecule has 1 amide bonds. The molecule has 37 heavy (non-hydrogen) atoms. The van der Waals surface area contributed by atoms with Crippen molar-refractivity contribution in [1.82, 2.24) is 4.90 Å². The van der Waals surface area contributed by atoms with Gasteiger partial charge in [-0.1, -0.05) is 35.9 Å². The number of aryl methyl sites for hydroxylation is 1. The third-order valence-corrected chi connectivity index (χ3v) is 6.43. The number of carbonyl (C=O) groups excluding carboxylic acids is 2. The Hall–Kier alpha value is -4.59. The minimum absolute atomic E-state index is 0.0336. The van der Waals surface area contributed by atoms with E-state index in [9.17, 15) is 24.6 Å². The van der Waals surface area contributed by atoms with Crippen LogP contribution < -0.4 is 9.64 Å². The lowest BCUT2D eigenvalue weighted by Gasteiger charge is -2.26. The second kappa shape index (κ2) is 10.2. The molecular formula is C29H28N2O6. The molecule has 3 aromatic carbocycles. The van der Waals surface area contributed by atoms with Crippen LogP contribution in [0.3, 0.4) is 0 Å². The van der Waals surface area contributed by atoms with Crippen LogP contribution in [0.25, 0.3) is 5.76 Å². The van der Waals surface area contributed by atoms with Crippen molar-refractivity contribution in [1.29, 1.82) is 0 Å². The summed E-state index contributed by atoms with van der Waals surface area (Å²) in [6.07, 6.45) is 0. The summed E-state index contributed by atoms with van der Waals surface area (Å²) >= 11 is 0. The second-order valence-corrected chi connectivity index (χ2v) is 9.12. The monoisotopic (exact) mass is 500 g/mol. The zero-order valence-electron chi connectivity index (χ0n) is 21.1. The molecule has 190 valence electrons. The van der Waals surface area contributed by atoms with Crippen LogP contribution >= 0.6 is 0 Å². The maximum Gasteiger partial charge on any atom is 0.335 e. The lowest BCUT2D eigenvalue weighted by molar-refractivity contribution is -0.140. The zero-order valence-corrected chi connectivity index (χ0v) is 21.1. The predicted octanol–water partition coefficient (Wildman–Crippen LogP) is 4.39. The molecule has 1 saturated heterocycles. The van der Waals surface area contributed by atoms with Gasteiger partial charge in [0.05, 0.1) is 29.9 Å². The average Bonchev–Trinajstić information content (AvgIpc) is 3.13. The molecule has 2 N–H and O–H groups in total. The van der Waals surface area contributed by atoms with Crippen LogP contribution in [0.4, 0.5) is 5.69 Å². The third kappa shape index (κ3) is 4.91. The molecule has 1 unspecified atom stereocenters. The Bertz CT molecular complexity index is 1390. The van der Waals surface area contributed by atoms with Crippen LogP contribution in [0.2, 0.25) is 0 Å². The fraction of sp³-hybridized carbons (Fsp3) is 0.207. The number of aliphatic hydroxyl groups excluding tert-OH is 1. The van der Waals surface area contributed by atoms with Crippen LogP contribution in [0.5, 0.6) is 5.75 Å². The van der Waals surface area contributed by atoms with E-state index >= 15 is 0 Å². The number of carbonyl (C=O) groups is 3. The van der Waals surface area contributed by atoms with Crippen molar-refractivity contribution < 1.29 is 29.3 Å². The molecule has 0 radical (unpaired) electrons. The van der Waals surface area contributed by atoms with Gasteiger partial charge >= 0.3 is 5.97 Å². The number of ketones is 1. The largest absolute Gasteiger partial charge is 0.507 e. The van der Waals surface area contributed by atoms with Crippen molar-refractivity contribution in [3.8, 4) is 5.75 Å². The highest BCUT2D eigenvalue weighted by Crippen LogP contribution is 2.42. The third-order valence-electron chi connectivity index (χ3n) is 6.43. The van der Waals surface area contributed by atoms with Gasteiger partial charge in [-0.25, -0.2) is 4.79 Å². The van der Waals surface area contributed by atoms with E-state index in [4.69, 9.17) is 4.74 Å². The fourth-order valence-corrected chi connectivity index (χ4v) is 4.45. The maximum absolute atomic E-state index is 13.4. The van der Waals surface area contributed by atoms with Gasteiger partial charge in [-0.2, -0.15) is 0 Å². The number of aromatic carboxylic acids is 1. The second-order valence-electron chi connectivity index (χ2n) is 9.12. The summed E-state index contributed by atoms with van der Waals surface area (Å²) in [7, 11) is 5.29. The molecule has 3 aromatic rings. The van der Waals surface area contributed by atoms with E-state index in [2.05, 4.69) is 0 Å². The van der Waals surface area contributed by atoms with Crippen molar-refractivity contribution >= 4 is 29.1 Å². The molecule has 1 atom stereocenters. The van der Waals surface area contributed by atoms with Crippen molar-refractivity contribution in [2.45, 2.75) is 19.5 Å². The molecule has 0 saturated carbocycles. The summed E-state index contributed by atoms with van der Waals surface area (Å²) in [6.45, 7) is 1.90. The summed E-state index contributed by atoms with van der Waals surface area (Å²) in [6, 6.07) is 17.9. The number of nitrogens with zero attached hydrogens (tertiary/aromatic N) is 2. The van der Waals surface area contributed by atoms with Gasteiger partial charge in [0.2, 0.25) is 0 Å². The number of likely N-dealkylation sites (tertiary alicyclic amines) is 1. The van der Waals surface area contributed by atoms with E-state index < -0.39 is 23.7 Å². The van der Waals surface area contributed by atoms with E-state index in [1.807, 2.05) is 56.3 Å². The Morgan fingerprint density at radius 2 is 1.62 bits per heavy atom. The Morgan fingerprint density at radius 1 is 0.973 bits per heavy atom. The normalized spacial score (nSPS) is 16.6. The number of amides is 1. The first-order chi connectivity index (χ1) is 17.6. The molecule has 0 bridgehead atoms. The van der Waals surface area contributed by atoms with Gasteiger partial charge in [-0.15, -0.1) is 0 Å². The first kappa shape index (κ1) is 25.5. The van der Waals surface area contributed by atoms with E-state index in [1.165, 1.54) is 24.1 Å². The van der Waals surface area contributed by atoms with Gasteiger partial charge in [0.15, 0.2) is 0 Å². The minimum atomic E-state index is -1.06. The van der Waals surface area contributed by atoms with Gasteiger partial charge in [-0.05, 0) is 54.4 Å². The summed E-state index contributed by atoms with van der Waals surface area (Å²) in [5, 5.41) is 20.6. The Kier molecular flexibility index (Phi) is 7.02. The standard InChI is InChI=1S/C29H28N2O6/c1-17-5-14-23(37-4)22(15-17)26(32)24-25(19-10-12-21(13-11-19)30(2)3)31(28(34)27(24)33)16-18-6-8-20(9-7-18)29(35)36/h5-15,25,32H,16H2,1-4H3,(H,35,36)/b26-24+. The number of rotatable bonds is 7. The van der Waals surface area contributed by atoms with Gasteiger partial charge in [-0.3, -0.25) is 9.59 Å². The number of benzene rings is 3. The number of carboxylic acids is 1. The van der Waals surface area contributed by atoms with Crippen molar-refractivity contribution in [2.75, 3.05) is 26.1 Å². The smallest absolute Gasteiger partial charge is 0.335 e. The molecule has 1 aliphatic heterocycles. The number of ether oxygens (including phenoxy) is 1. The number of hydrogen-bond acceptors (Lipinski definition) is 6. The van der Waals surface area contributed by atoms with Crippen LogP contribution in [0.15, 0.2) is 72.3 Å². The average molecular weight is 501 g/mol. The van der Waals surface area contributed by atoms with E-state index in [0.29, 0.717) is 22.4 Å². The minimum Gasteiger partial charge on any atom is -0.507 e. The number of methoxy groups -OCH3 is 1. The molecule has 8 heteroatoms. The molecule has 1 heterocycles. The van der Waals surface area contributed by atoms with Crippen LogP contribution in [-0.2, 0) is 16.1 Å². The Morgan fingerprint density at radius 3 is 2.19 bits per heavy atom. The Balaban J connectivity index is 1.86. The first-order valence-corrected chi connectivity index (χ1v) is 11.6. The number of anilines is 1. The number of aliphatic hydroxyl groups is 1. The molecular weight excluding hydrogens is 472 g/mol. The predicted molar refractivity (Wildman–Crippen MR) is 140 cm³/mol. The van der Waals surface area contributed by atoms with Crippen LogP contribution in [-0.4, -0.2) is 54.0 Å². The molecule has 4 rings (SSSR count). The number of Topliss-reactive ketones (excluding diaryl/α,β-unsaturated/α-hetero) is 1. The van der Waals surface area contributed by atoms with E-state index in [1.54, 1.807) is 24.3 Å². The van der Waals surface area contributed by atoms with Crippen molar-refractivity contribution in [2.24, 2.45) is 0 Å². The van der Waals surface area contributed by atoms with Crippen molar-refractivity contribution in [3.63, 3.8) is 0 Å². The maximum atomic E-state index is 13.4. The summed E-state index contributed by atoms with van der Waals surface area (Å²) in [4.78, 5) is 41.2. The van der Waals surface area contributed by atoms with Gasteiger partial charge < -0.3 is 24.7 Å². The summed E-state index contributed by atoms with van der Waals surface area (Å²) < 4.78 is 5.42. The topological polar surface area (TPSA) is 107 Å². The molecule has 0 spiro atoms. The Labute approximate surface area is 215 Å². The molecule has 8 nitrogen and oxygen atoms in total. The summed E-state index contributed by atoms with van der Waals surface area (Å²) in [5.74, 6) is -2.55. The van der Waals surface area contributed by atoms with Gasteiger partial charge in [0.1, 0.15) is 11.5 Å². The van der Waals surface area contributed by atoms with E-state index in [-0.39, 0.29) is 23.4 Å². The molecule has 0 aromatic heterocycles. The van der Waals surface area contributed by atoms with Crippen molar-refractivity contribution in [3.05, 3.63) is 100 Å². The quantitative estimate of drug-likeness (QED) is 0.281. The van der Waals surface area contributed by atoms with Gasteiger partial charge in [0, 0.05) is 26.3 Å². The summed E-state index contributed by atoms with van der Waals surface area (Å²) in [5.41, 5.74) is 3.49. The SMILES string of the molecule is COc1ccc(C)cc1/C(O)=C1\C(=O)C(=O)N(Cc2ccc(C(=O)O)cc2)C1c1ccc(N(C)C)cc1. The highest BCUT2D eigenvalue weighted by molar-refractivity contribution is 6.46. The number of carboxylic acid groups (broad SMARTS) is 1. The lowest BCUT2D eigenvalue weighted by Crippen LogP contribution is -2.29. The molecule has 1 aliphatic rings. The zero-order chi connectivity index (χ0) is 26.9. The molecule has 1 fully saturated rings.